The molecule has 0 radical (unpaired) electrons. The number of amides is 1. The minimum Gasteiger partial charge on any atom is -0.354 e. The van der Waals surface area contributed by atoms with Crippen molar-refractivity contribution in [2.75, 3.05) is 6.54 Å². The molecule has 5 heteroatoms. The lowest BCUT2D eigenvalue weighted by molar-refractivity contribution is -0.119. The molecule has 0 aliphatic carbocycles. The van der Waals surface area contributed by atoms with E-state index in [1.54, 1.807) is 11.3 Å². The maximum atomic E-state index is 11.1. The number of carbonyl (C=O) groups excluding carboxylic acids is 1. The summed E-state index contributed by atoms with van der Waals surface area (Å²) in [5, 5.41) is 9.44. The van der Waals surface area contributed by atoms with Gasteiger partial charge < -0.3 is 5.32 Å². The zero-order valence-corrected chi connectivity index (χ0v) is 11.6. The molecule has 2 heterocycles. The second-order valence-corrected chi connectivity index (χ2v) is 5.32. The fourth-order valence-electron chi connectivity index (χ4n) is 1.99. The Kier molecular flexibility index (Phi) is 3.81. The maximum absolute atomic E-state index is 11.1. The third-order valence-electron chi connectivity index (χ3n) is 2.76. The number of nitrogens with one attached hydrogen (secondary N) is 1. The number of thiophene rings is 1. The first kappa shape index (κ1) is 12.8. The number of carbonyl (C=O) groups is 1. The normalized spacial score (nSPS) is 12.4. The van der Waals surface area contributed by atoms with E-state index in [1.807, 2.05) is 36.0 Å². The summed E-state index contributed by atoms with van der Waals surface area (Å²) in [6, 6.07) is 6.22. The molecule has 0 bridgehead atoms. The largest absolute Gasteiger partial charge is 0.354 e. The van der Waals surface area contributed by atoms with Crippen LogP contribution in [-0.4, -0.2) is 22.2 Å². The standard InChI is InChI=1S/C13H17N3OS/c1-9-7-10(2)16(15-9)12(8-14-11(3)17)13-5-4-6-18-13/h4-7,12H,8H2,1-3H3,(H,14,17)/t12-/m0/s1. The highest BCUT2D eigenvalue weighted by Crippen LogP contribution is 2.23. The number of hydrogen-bond acceptors (Lipinski definition) is 3. The van der Waals surface area contributed by atoms with Gasteiger partial charge in [0.05, 0.1) is 5.69 Å². The van der Waals surface area contributed by atoms with Crippen LogP contribution >= 0.6 is 11.3 Å². The zero-order chi connectivity index (χ0) is 13.1. The molecule has 18 heavy (non-hydrogen) atoms. The lowest BCUT2D eigenvalue weighted by Gasteiger charge is -2.18. The van der Waals surface area contributed by atoms with Crippen LogP contribution in [0.25, 0.3) is 0 Å². The van der Waals surface area contributed by atoms with Gasteiger partial charge in [-0.3, -0.25) is 9.48 Å². The van der Waals surface area contributed by atoms with Gasteiger partial charge in [0.25, 0.3) is 0 Å². The van der Waals surface area contributed by atoms with Crippen LogP contribution in [0.1, 0.15) is 29.2 Å². The minimum atomic E-state index is -0.0157. The summed E-state index contributed by atoms with van der Waals surface area (Å²) in [4.78, 5) is 12.3. The predicted molar refractivity (Wildman–Crippen MR) is 72.8 cm³/mol. The molecule has 0 unspecified atom stereocenters. The second kappa shape index (κ2) is 5.35. The van der Waals surface area contributed by atoms with Crippen molar-refractivity contribution in [3.63, 3.8) is 0 Å². The van der Waals surface area contributed by atoms with Gasteiger partial charge in [0.15, 0.2) is 0 Å². The van der Waals surface area contributed by atoms with Gasteiger partial charge in [-0.15, -0.1) is 11.3 Å². The molecule has 0 aromatic carbocycles. The molecule has 0 saturated heterocycles. The van der Waals surface area contributed by atoms with Crippen LogP contribution in [0.4, 0.5) is 0 Å². The van der Waals surface area contributed by atoms with Crippen LogP contribution in [0.15, 0.2) is 23.6 Å². The molecule has 0 spiro atoms. The molecule has 1 N–H and O–H groups in total. The molecule has 0 aliphatic heterocycles. The molecular formula is C13H17N3OS. The van der Waals surface area contributed by atoms with Gasteiger partial charge in [-0.25, -0.2) is 0 Å². The molecule has 0 saturated carbocycles. The van der Waals surface area contributed by atoms with E-state index in [1.165, 1.54) is 11.8 Å². The Hall–Kier alpha value is -1.62. The fraction of sp³-hybridized carbons (Fsp3) is 0.385. The number of rotatable bonds is 4. The number of aryl methyl sites for hydroxylation is 2. The summed E-state index contributed by atoms with van der Waals surface area (Å²) in [7, 11) is 0. The highest BCUT2D eigenvalue weighted by atomic mass is 32.1. The van der Waals surface area contributed by atoms with Crippen molar-refractivity contribution in [2.24, 2.45) is 0 Å². The maximum Gasteiger partial charge on any atom is 0.216 e. The summed E-state index contributed by atoms with van der Waals surface area (Å²) >= 11 is 1.68. The Bertz CT molecular complexity index is 530. The lowest BCUT2D eigenvalue weighted by Crippen LogP contribution is -2.30. The van der Waals surface area contributed by atoms with Crippen molar-refractivity contribution in [1.29, 1.82) is 0 Å². The van der Waals surface area contributed by atoms with Crippen molar-refractivity contribution in [3.8, 4) is 0 Å². The molecule has 2 aromatic heterocycles. The first-order valence-electron chi connectivity index (χ1n) is 5.88. The van der Waals surface area contributed by atoms with E-state index < -0.39 is 0 Å². The summed E-state index contributed by atoms with van der Waals surface area (Å²) in [6.07, 6.45) is 0. The molecule has 2 rings (SSSR count). The molecule has 1 atom stereocenters. The molecule has 0 fully saturated rings. The smallest absolute Gasteiger partial charge is 0.216 e. The highest BCUT2D eigenvalue weighted by Gasteiger charge is 2.18. The monoisotopic (exact) mass is 263 g/mol. The molecule has 1 amide bonds. The molecule has 96 valence electrons. The van der Waals surface area contributed by atoms with Gasteiger partial charge in [-0.1, -0.05) is 6.07 Å². The van der Waals surface area contributed by atoms with E-state index in [9.17, 15) is 4.79 Å². The fourth-order valence-corrected chi connectivity index (χ4v) is 2.80. The molecule has 0 aliphatic rings. The molecule has 2 aromatic rings. The topological polar surface area (TPSA) is 46.9 Å². The van der Waals surface area contributed by atoms with Crippen LogP contribution in [0.3, 0.4) is 0 Å². The van der Waals surface area contributed by atoms with Crippen LogP contribution in [0.2, 0.25) is 0 Å². The molecular weight excluding hydrogens is 246 g/mol. The van der Waals surface area contributed by atoms with Crippen molar-refractivity contribution >= 4 is 17.2 Å². The van der Waals surface area contributed by atoms with Crippen molar-refractivity contribution in [3.05, 3.63) is 39.8 Å². The van der Waals surface area contributed by atoms with Crippen LogP contribution in [0, 0.1) is 13.8 Å². The van der Waals surface area contributed by atoms with Crippen LogP contribution in [0.5, 0.6) is 0 Å². The number of nitrogens with zero attached hydrogens (tertiary/aromatic N) is 2. The highest BCUT2D eigenvalue weighted by molar-refractivity contribution is 7.10. The SMILES string of the molecule is CC(=O)NC[C@@H](c1cccs1)n1nc(C)cc1C. The van der Waals surface area contributed by atoms with Gasteiger partial charge in [-0.05, 0) is 31.4 Å². The average molecular weight is 263 g/mol. The average Bonchev–Trinajstić information content (AvgIpc) is 2.90. The Balaban J connectivity index is 2.30. The van der Waals surface area contributed by atoms with Gasteiger partial charge in [0, 0.05) is 24.0 Å². The summed E-state index contributed by atoms with van der Waals surface area (Å²) in [6.45, 7) is 6.12. The Morgan fingerprint density at radius 2 is 2.33 bits per heavy atom. The van der Waals surface area contributed by atoms with E-state index in [2.05, 4.69) is 16.5 Å². The summed E-state index contributed by atoms with van der Waals surface area (Å²) in [5.74, 6) is -0.0157. The van der Waals surface area contributed by atoms with E-state index in [0.29, 0.717) is 6.54 Å². The number of aromatic nitrogens is 2. The Morgan fingerprint density at radius 1 is 1.56 bits per heavy atom. The van der Waals surface area contributed by atoms with Crippen molar-refractivity contribution < 1.29 is 4.79 Å². The Morgan fingerprint density at radius 3 is 2.83 bits per heavy atom. The number of hydrogen-bond donors (Lipinski definition) is 1. The summed E-state index contributed by atoms with van der Waals surface area (Å²) < 4.78 is 1.98. The van der Waals surface area contributed by atoms with Crippen molar-refractivity contribution in [1.82, 2.24) is 15.1 Å². The molecule has 4 nitrogen and oxygen atoms in total. The van der Waals surface area contributed by atoms with E-state index >= 15 is 0 Å². The first-order valence-corrected chi connectivity index (χ1v) is 6.76. The van der Waals surface area contributed by atoms with Crippen LogP contribution in [-0.2, 0) is 4.79 Å². The van der Waals surface area contributed by atoms with E-state index in [0.717, 1.165) is 11.4 Å². The van der Waals surface area contributed by atoms with Gasteiger partial charge in [0.1, 0.15) is 6.04 Å². The zero-order valence-electron chi connectivity index (χ0n) is 10.8. The van der Waals surface area contributed by atoms with E-state index in [-0.39, 0.29) is 11.9 Å². The third-order valence-corrected chi connectivity index (χ3v) is 3.73. The third kappa shape index (κ3) is 2.79. The minimum absolute atomic E-state index is 0.0157. The second-order valence-electron chi connectivity index (χ2n) is 4.34. The van der Waals surface area contributed by atoms with Crippen LogP contribution < -0.4 is 5.32 Å². The van der Waals surface area contributed by atoms with Gasteiger partial charge >= 0.3 is 0 Å². The van der Waals surface area contributed by atoms with Gasteiger partial charge in [0.2, 0.25) is 5.91 Å². The Labute approximate surface area is 111 Å². The lowest BCUT2D eigenvalue weighted by atomic mass is 10.2. The predicted octanol–water partition coefficient (Wildman–Crippen LogP) is 2.29. The summed E-state index contributed by atoms with van der Waals surface area (Å²) in [5.41, 5.74) is 2.10. The van der Waals surface area contributed by atoms with Crippen molar-refractivity contribution in [2.45, 2.75) is 26.8 Å². The first-order chi connectivity index (χ1) is 8.58. The van der Waals surface area contributed by atoms with Gasteiger partial charge in [-0.2, -0.15) is 5.10 Å². The van der Waals surface area contributed by atoms with E-state index in [4.69, 9.17) is 0 Å². The quantitative estimate of drug-likeness (QED) is 0.920.